The molecule has 1 aromatic rings. The molecule has 0 spiro atoms. The van der Waals surface area contributed by atoms with E-state index in [1.165, 1.54) is 0 Å². The van der Waals surface area contributed by atoms with Gasteiger partial charge in [0.2, 0.25) is 0 Å². The lowest BCUT2D eigenvalue weighted by atomic mass is 9.94. The molecule has 0 amide bonds. The van der Waals surface area contributed by atoms with E-state index in [4.69, 9.17) is 0 Å². The fraction of sp³-hybridized carbons (Fsp3) is 0.583. The van der Waals surface area contributed by atoms with Crippen molar-refractivity contribution in [1.29, 1.82) is 0 Å². The van der Waals surface area contributed by atoms with Gasteiger partial charge in [0.15, 0.2) is 0 Å². The van der Waals surface area contributed by atoms with Crippen LogP contribution in [-0.4, -0.2) is 22.7 Å². The van der Waals surface area contributed by atoms with Crippen LogP contribution in [0.2, 0.25) is 0 Å². The molecule has 1 atom stereocenters. The third kappa shape index (κ3) is 3.98. The number of nitrogens with zero attached hydrogens (tertiary/aromatic N) is 1. The average Bonchev–Trinajstić information content (AvgIpc) is 2.18. The van der Waals surface area contributed by atoms with E-state index in [0.717, 1.165) is 12.1 Å². The van der Waals surface area contributed by atoms with Gasteiger partial charge in [-0.25, -0.2) is 0 Å². The SMILES string of the molecule is CC(C)NCCC(C)(O)c1cccnc1. The Kier molecular flexibility index (Phi) is 4.24. The minimum atomic E-state index is -0.795. The van der Waals surface area contributed by atoms with Gasteiger partial charge in [-0.2, -0.15) is 0 Å². The molecule has 1 aromatic heterocycles. The van der Waals surface area contributed by atoms with Gasteiger partial charge < -0.3 is 10.4 Å². The van der Waals surface area contributed by atoms with E-state index in [-0.39, 0.29) is 0 Å². The van der Waals surface area contributed by atoms with E-state index in [1.54, 1.807) is 12.4 Å². The molecule has 0 saturated heterocycles. The van der Waals surface area contributed by atoms with E-state index in [1.807, 2.05) is 19.1 Å². The van der Waals surface area contributed by atoms with Crippen LogP contribution in [0.25, 0.3) is 0 Å². The molecule has 0 saturated carbocycles. The predicted molar refractivity (Wildman–Crippen MR) is 61.6 cm³/mol. The van der Waals surface area contributed by atoms with Gasteiger partial charge in [-0.1, -0.05) is 19.9 Å². The van der Waals surface area contributed by atoms with Gasteiger partial charge in [0.25, 0.3) is 0 Å². The van der Waals surface area contributed by atoms with Crippen molar-refractivity contribution in [3.63, 3.8) is 0 Å². The summed E-state index contributed by atoms with van der Waals surface area (Å²) >= 11 is 0. The number of rotatable bonds is 5. The van der Waals surface area contributed by atoms with Crippen molar-refractivity contribution in [1.82, 2.24) is 10.3 Å². The molecular formula is C12H20N2O. The highest BCUT2D eigenvalue weighted by Gasteiger charge is 2.22. The van der Waals surface area contributed by atoms with Crippen LogP contribution in [0.3, 0.4) is 0 Å². The third-order valence-corrected chi connectivity index (χ3v) is 2.45. The molecule has 0 bridgehead atoms. The van der Waals surface area contributed by atoms with Crippen molar-refractivity contribution >= 4 is 0 Å². The van der Waals surface area contributed by atoms with Gasteiger partial charge >= 0.3 is 0 Å². The lowest BCUT2D eigenvalue weighted by molar-refractivity contribution is 0.0472. The van der Waals surface area contributed by atoms with Crippen LogP contribution < -0.4 is 5.32 Å². The zero-order valence-corrected chi connectivity index (χ0v) is 9.70. The van der Waals surface area contributed by atoms with Crippen molar-refractivity contribution in [3.8, 4) is 0 Å². The quantitative estimate of drug-likeness (QED) is 0.774. The van der Waals surface area contributed by atoms with Gasteiger partial charge in [0.05, 0.1) is 5.60 Å². The third-order valence-electron chi connectivity index (χ3n) is 2.45. The Balaban J connectivity index is 2.52. The van der Waals surface area contributed by atoms with Crippen molar-refractivity contribution in [2.24, 2.45) is 0 Å². The molecule has 1 rings (SSSR count). The van der Waals surface area contributed by atoms with E-state index in [2.05, 4.69) is 24.1 Å². The maximum atomic E-state index is 10.2. The summed E-state index contributed by atoms with van der Waals surface area (Å²) in [6.07, 6.45) is 4.12. The molecule has 0 aliphatic rings. The first-order valence-electron chi connectivity index (χ1n) is 5.38. The number of aliphatic hydroxyl groups is 1. The first-order chi connectivity index (χ1) is 7.02. The number of pyridine rings is 1. The van der Waals surface area contributed by atoms with Crippen molar-refractivity contribution in [2.75, 3.05) is 6.54 Å². The number of aromatic nitrogens is 1. The molecule has 3 nitrogen and oxygen atoms in total. The van der Waals surface area contributed by atoms with Crippen molar-refractivity contribution < 1.29 is 5.11 Å². The van der Waals surface area contributed by atoms with Crippen LogP contribution in [-0.2, 0) is 5.60 Å². The minimum Gasteiger partial charge on any atom is -0.385 e. The van der Waals surface area contributed by atoms with Gasteiger partial charge in [0, 0.05) is 24.0 Å². The van der Waals surface area contributed by atoms with Crippen LogP contribution >= 0.6 is 0 Å². The molecule has 0 aromatic carbocycles. The zero-order chi connectivity index (χ0) is 11.3. The predicted octanol–water partition coefficient (Wildman–Crippen LogP) is 1.68. The Morgan fingerprint density at radius 2 is 2.27 bits per heavy atom. The highest BCUT2D eigenvalue weighted by molar-refractivity contribution is 5.16. The fourth-order valence-corrected chi connectivity index (χ4v) is 1.43. The van der Waals surface area contributed by atoms with Crippen molar-refractivity contribution in [2.45, 2.75) is 38.8 Å². The summed E-state index contributed by atoms with van der Waals surface area (Å²) in [5.41, 5.74) is 0.0754. The maximum Gasteiger partial charge on any atom is 0.0895 e. The Hall–Kier alpha value is -0.930. The molecule has 0 radical (unpaired) electrons. The smallest absolute Gasteiger partial charge is 0.0895 e. The fourth-order valence-electron chi connectivity index (χ4n) is 1.43. The minimum absolute atomic E-state index is 0.453. The summed E-state index contributed by atoms with van der Waals surface area (Å²) in [5, 5.41) is 13.5. The Bertz CT molecular complexity index is 283. The van der Waals surface area contributed by atoms with Crippen LogP contribution in [0.15, 0.2) is 24.5 Å². The summed E-state index contributed by atoms with van der Waals surface area (Å²) in [6.45, 7) is 6.82. The largest absolute Gasteiger partial charge is 0.385 e. The molecule has 1 heterocycles. The lowest BCUT2D eigenvalue weighted by Gasteiger charge is -2.24. The average molecular weight is 208 g/mol. The summed E-state index contributed by atoms with van der Waals surface area (Å²) < 4.78 is 0. The van der Waals surface area contributed by atoms with Gasteiger partial charge in [-0.15, -0.1) is 0 Å². The molecule has 0 aliphatic carbocycles. The molecule has 15 heavy (non-hydrogen) atoms. The second-order valence-electron chi connectivity index (χ2n) is 4.37. The van der Waals surface area contributed by atoms with Crippen LogP contribution in [0.4, 0.5) is 0 Å². The second kappa shape index (κ2) is 5.24. The monoisotopic (exact) mass is 208 g/mol. The Morgan fingerprint density at radius 3 is 2.80 bits per heavy atom. The molecule has 84 valence electrons. The number of hydrogen-bond acceptors (Lipinski definition) is 3. The summed E-state index contributed by atoms with van der Waals surface area (Å²) in [7, 11) is 0. The Labute approximate surface area is 91.5 Å². The summed E-state index contributed by atoms with van der Waals surface area (Å²) in [5.74, 6) is 0. The molecule has 2 N–H and O–H groups in total. The molecule has 0 aliphatic heterocycles. The summed E-state index contributed by atoms with van der Waals surface area (Å²) in [4.78, 5) is 4.01. The van der Waals surface area contributed by atoms with Gasteiger partial charge in [-0.3, -0.25) is 4.98 Å². The normalized spacial score (nSPS) is 15.3. The molecule has 3 heteroatoms. The Morgan fingerprint density at radius 1 is 1.53 bits per heavy atom. The van der Waals surface area contributed by atoms with Crippen LogP contribution in [0.5, 0.6) is 0 Å². The standard InChI is InChI=1S/C12H20N2O/c1-10(2)14-8-6-12(3,15)11-5-4-7-13-9-11/h4-5,7,9-10,14-15H,6,8H2,1-3H3. The topological polar surface area (TPSA) is 45.1 Å². The zero-order valence-electron chi connectivity index (χ0n) is 9.70. The maximum absolute atomic E-state index is 10.2. The first kappa shape index (κ1) is 12.1. The molecular weight excluding hydrogens is 188 g/mol. The second-order valence-corrected chi connectivity index (χ2v) is 4.37. The first-order valence-corrected chi connectivity index (χ1v) is 5.38. The number of hydrogen-bond donors (Lipinski definition) is 2. The van der Waals surface area contributed by atoms with E-state index < -0.39 is 5.60 Å². The van der Waals surface area contributed by atoms with Crippen LogP contribution in [0.1, 0.15) is 32.8 Å². The highest BCUT2D eigenvalue weighted by atomic mass is 16.3. The molecule has 0 fully saturated rings. The van der Waals surface area contributed by atoms with Crippen LogP contribution in [0, 0.1) is 0 Å². The van der Waals surface area contributed by atoms with E-state index >= 15 is 0 Å². The van der Waals surface area contributed by atoms with E-state index in [0.29, 0.717) is 12.5 Å². The van der Waals surface area contributed by atoms with E-state index in [9.17, 15) is 5.11 Å². The summed E-state index contributed by atoms with van der Waals surface area (Å²) in [6, 6.07) is 4.21. The van der Waals surface area contributed by atoms with Gasteiger partial charge in [0.1, 0.15) is 0 Å². The van der Waals surface area contributed by atoms with Crippen molar-refractivity contribution in [3.05, 3.63) is 30.1 Å². The molecule has 1 unspecified atom stereocenters. The lowest BCUT2D eigenvalue weighted by Crippen LogP contribution is -2.31. The highest BCUT2D eigenvalue weighted by Crippen LogP contribution is 2.22. The van der Waals surface area contributed by atoms with Gasteiger partial charge in [-0.05, 0) is 26.0 Å². The number of nitrogens with one attached hydrogen (secondary N) is 1.